The molecule has 0 radical (unpaired) electrons. The number of carbonyl (C=O) groups excluding carboxylic acids is 1. The Bertz CT molecular complexity index is 874. The van der Waals surface area contributed by atoms with Crippen LogP contribution in [0.15, 0.2) is 28.8 Å². The number of amides is 1. The van der Waals surface area contributed by atoms with E-state index in [9.17, 15) is 4.79 Å². The number of piperazine rings is 1. The van der Waals surface area contributed by atoms with Crippen molar-refractivity contribution in [3.8, 4) is 0 Å². The summed E-state index contributed by atoms with van der Waals surface area (Å²) < 4.78 is 5.37. The van der Waals surface area contributed by atoms with Gasteiger partial charge in [0.1, 0.15) is 12.2 Å². The van der Waals surface area contributed by atoms with E-state index < -0.39 is 0 Å². The number of hydrogen-bond acceptors (Lipinski definition) is 5. The SMILES string of the molecule is Cc1cnc(CC(=O)NC2CC(CCN3CCN(c4cccc(Cl)c4Cl)CC3)C2)o1. The van der Waals surface area contributed by atoms with Crippen LogP contribution in [0.3, 0.4) is 0 Å². The van der Waals surface area contributed by atoms with Crippen LogP contribution in [-0.2, 0) is 11.2 Å². The summed E-state index contributed by atoms with van der Waals surface area (Å²) in [5.41, 5.74) is 1.03. The van der Waals surface area contributed by atoms with E-state index in [1.165, 1.54) is 6.42 Å². The van der Waals surface area contributed by atoms with Crippen molar-refractivity contribution in [1.82, 2.24) is 15.2 Å². The molecule has 2 heterocycles. The molecule has 4 rings (SSSR count). The van der Waals surface area contributed by atoms with Gasteiger partial charge in [-0.25, -0.2) is 4.98 Å². The van der Waals surface area contributed by atoms with E-state index in [4.69, 9.17) is 27.6 Å². The minimum absolute atomic E-state index is 0.00361. The summed E-state index contributed by atoms with van der Waals surface area (Å²) >= 11 is 12.5. The van der Waals surface area contributed by atoms with Crippen molar-refractivity contribution in [3.05, 3.63) is 46.1 Å². The molecular weight excluding hydrogens is 423 g/mol. The van der Waals surface area contributed by atoms with Gasteiger partial charge in [-0.05, 0) is 50.8 Å². The number of nitrogens with zero attached hydrogens (tertiary/aromatic N) is 3. The summed E-state index contributed by atoms with van der Waals surface area (Å²) in [6.45, 7) is 6.93. The average molecular weight is 451 g/mol. The summed E-state index contributed by atoms with van der Waals surface area (Å²) in [4.78, 5) is 21.0. The highest BCUT2D eigenvalue weighted by Gasteiger charge is 2.31. The van der Waals surface area contributed by atoms with Crippen molar-refractivity contribution in [1.29, 1.82) is 0 Å². The molecule has 2 aliphatic rings. The van der Waals surface area contributed by atoms with Crippen LogP contribution in [-0.4, -0.2) is 54.6 Å². The molecule has 1 aromatic carbocycles. The molecule has 2 fully saturated rings. The van der Waals surface area contributed by atoms with Gasteiger partial charge in [0.25, 0.3) is 0 Å². The maximum atomic E-state index is 12.1. The predicted molar refractivity (Wildman–Crippen MR) is 119 cm³/mol. The first-order valence-corrected chi connectivity index (χ1v) is 11.4. The molecule has 1 amide bonds. The van der Waals surface area contributed by atoms with E-state index >= 15 is 0 Å². The fraction of sp³-hybridized carbons (Fsp3) is 0.545. The molecular formula is C22H28Cl2N4O2. The molecule has 6 nitrogen and oxygen atoms in total. The molecule has 1 N–H and O–H groups in total. The molecule has 0 atom stereocenters. The van der Waals surface area contributed by atoms with Crippen LogP contribution >= 0.6 is 23.2 Å². The van der Waals surface area contributed by atoms with Crippen LogP contribution in [0.1, 0.15) is 30.9 Å². The van der Waals surface area contributed by atoms with Crippen LogP contribution in [0.4, 0.5) is 5.69 Å². The van der Waals surface area contributed by atoms with Gasteiger partial charge in [0, 0.05) is 32.2 Å². The first-order chi connectivity index (χ1) is 14.5. The minimum atomic E-state index is -0.00361. The quantitative estimate of drug-likeness (QED) is 0.691. The number of benzene rings is 1. The Morgan fingerprint density at radius 3 is 2.70 bits per heavy atom. The topological polar surface area (TPSA) is 61.6 Å². The lowest BCUT2D eigenvalue weighted by Crippen LogP contribution is -2.48. The molecule has 30 heavy (non-hydrogen) atoms. The van der Waals surface area contributed by atoms with Crippen molar-refractivity contribution >= 4 is 34.8 Å². The van der Waals surface area contributed by atoms with Gasteiger partial charge in [0.15, 0.2) is 0 Å². The molecule has 1 aliphatic carbocycles. The third kappa shape index (κ3) is 5.29. The number of aromatic nitrogens is 1. The number of anilines is 1. The van der Waals surface area contributed by atoms with Gasteiger partial charge in [-0.3, -0.25) is 9.69 Å². The number of nitrogens with one attached hydrogen (secondary N) is 1. The van der Waals surface area contributed by atoms with Crippen molar-refractivity contribution in [3.63, 3.8) is 0 Å². The third-order valence-corrected chi connectivity index (χ3v) is 6.89. The van der Waals surface area contributed by atoms with E-state index in [-0.39, 0.29) is 12.3 Å². The van der Waals surface area contributed by atoms with Crippen molar-refractivity contribution in [2.75, 3.05) is 37.6 Å². The van der Waals surface area contributed by atoms with Crippen molar-refractivity contribution < 1.29 is 9.21 Å². The summed E-state index contributed by atoms with van der Waals surface area (Å²) in [6, 6.07) is 6.11. The van der Waals surface area contributed by atoms with Gasteiger partial charge >= 0.3 is 0 Å². The Balaban J connectivity index is 1.12. The minimum Gasteiger partial charge on any atom is -0.445 e. The Labute approximate surface area is 187 Å². The van der Waals surface area contributed by atoms with Gasteiger partial charge in [0.05, 0.1) is 21.9 Å². The second-order valence-electron chi connectivity index (χ2n) is 8.33. The van der Waals surface area contributed by atoms with Crippen LogP contribution in [0.5, 0.6) is 0 Å². The number of hydrogen-bond donors (Lipinski definition) is 1. The number of aryl methyl sites for hydroxylation is 1. The molecule has 0 bridgehead atoms. The van der Waals surface area contributed by atoms with Crippen molar-refractivity contribution in [2.24, 2.45) is 5.92 Å². The molecule has 2 aromatic rings. The van der Waals surface area contributed by atoms with E-state index in [1.54, 1.807) is 6.20 Å². The van der Waals surface area contributed by atoms with E-state index in [0.717, 1.165) is 57.0 Å². The highest BCUT2D eigenvalue weighted by atomic mass is 35.5. The Hall–Kier alpha value is -1.76. The second kappa shape index (κ2) is 9.58. The number of oxazole rings is 1. The molecule has 0 unspecified atom stereocenters. The Morgan fingerprint density at radius 1 is 1.23 bits per heavy atom. The largest absolute Gasteiger partial charge is 0.445 e. The normalized spacial score (nSPS) is 22.0. The molecule has 162 valence electrons. The van der Waals surface area contributed by atoms with E-state index in [0.29, 0.717) is 27.9 Å². The highest BCUT2D eigenvalue weighted by Crippen LogP contribution is 2.33. The van der Waals surface area contributed by atoms with E-state index in [1.807, 2.05) is 25.1 Å². The Morgan fingerprint density at radius 2 is 2.00 bits per heavy atom. The molecule has 1 aliphatic heterocycles. The Kier molecular flexibility index (Phi) is 6.86. The standard InChI is InChI=1S/C22H28Cl2N4O2/c1-15-14-25-21(30-15)13-20(29)26-17-11-16(12-17)5-6-27-7-9-28(10-8-27)19-4-2-3-18(23)22(19)24/h2-4,14,16-17H,5-13H2,1H3,(H,26,29). The highest BCUT2D eigenvalue weighted by molar-refractivity contribution is 6.43. The van der Waals surface area contributed by atoms with Crippen LogP contribution in [0.25, 0.3) is 0 Å². The summed E-state index contributed by atoms with van der Waals surface area (Å²) in [5.74, 6) is 1.91. The van der Waals surface area contributed by atoms with Gasteiger partial charge in [-0.1, -0.05) is 29.3 Å². The van der Waals surface area contributed by atoms with Crippen LogP contribution in [0, 0.1) is 12.8 Å². The maximum Gasteiger partial charge on any atom is 0.229 e. The summed E-state index contributed by atoms with van der Waals surface area (Å²) in [6.07, 6.45) is 5.17. The maximum absolute atomic E-state index is 12.1. The lowest BCUT2D eigenvalue weighted by molar-refractivity contribution is -0.122. The number of halogens is 2. The zero-order chi connectivity index (χ0) is 21.1. The molecule has 0 spiro atoms. The fourth-order valence-corrected chi connectivity index (χ4v) is 4.72. The van der Waals surface area contributed by atoms with E-state index in [2.05, 4.69) is 20.1 Å². The van der Waals surface area contributed by atoms with Gasteiger partial charge in [0.2, 0.25) is 11.8 Å². The monoisotopic (exact) mass is 450 g/mol. The summed E-state index contributed by atoms with van der Waals surface area (Å²) in [5, 5.41) is 4.35. The lowest BCUT2D eigenvalue weighted by Gasteiger charge is -2.39. The first kappa shape index (κ1) is 21.5. The average Bonchev–Trinajstić information content (AvgIpc) is 3.10. The van der Waals surface area contributed by atoms with Gasteiger partial charge in [-0.2, -0.15) is 0 Å². The molecule has 1 saturated carbocycles. The van der Waals surface area contributed by atoms with Crippen molar-refractivity contribution in [2.45, 2.75) is 38.6 Å². The second-order valence-corrected chi connectivity index (χ2v) is 9.12. The predicted octanol–water partition coefficient (Wildman–Crippen LogP) is 3.94. The molecule has 8 heteroatoms. The number of rotatable bonds is 7. The van der Waals surface area contributed by atoms with Gasteiger partial charge in [-0.15, -0.1) is 0 Å². The zero-order valence-corrected chi connectivity index (χ0v) is 18.8. The van der Waals surface area contributed by atoms with Crippen LogP contribution < -0.4 is 10.2 Å². The van der Waals surface area contributed by atoms with Gasteiger partial charge < -0.3 is 14.6 Å². The fourth-order valence-electron chi connectivity index (χ4n) is 4.30. The summed E-state index contributed by atoms with van der Waals surface area (Å²) in [7, 11) is 0. The third-order valence-electron chi connectivity index (χ3n) is 6.08. The molecule has 1 saturated heterocycles. The van der Waals surface area contributed by atoms with Crippen LogP contribution in [0.2, 0.25) is 10.0 Å². The smallest absolute Gasteiger partial charge is 0.229 e. The zero-order valence-electron chi connectivity index (χ0n) is 17.2. The molecule has 1 aromatic heterocycles. The first-order valence-electron chi connectivity index (χ1n) is 10.6. The lowest BCUT2D eigenvalue weighted by atomic mass is 9.78. The number of carbonyl (C=O) groups is 1.